The molecule has 0 bridgehead atoms. The summed E-state index contributed by atoms with van der Waals surface area (Å²) >= 11 is 0. The van der Waals surface area contributed by atoms with Gasteiger partial charge in [-0.2, -0.15) is 0 Å². The summed E-state index contributed by atoms with van der Waals surface area (Å²) in [7, 11) is 0. The lowest BCUT2D eigenvalue weighted by Gasteiger charge is -2.31. The molecule has 0 N–H and O–H groups in total. The van der Waals surface area contributed by atoms with Gasteiger partial charge in [-0.3, -0.25) is 0 Å². The van der Waals surface area contributed by atoms with E-state index in [9.17, 15) is 0 Å². The van der Waals surface area contributed by atoms with Crippen LogP contribution in [0.2, 0.25) is 0 Å². The molecule has 9 aromatic rings. The zero-order chi connectivity index (χ0) is 39.9. The summed E-state index contributed by atoms with van der Waals surface area (Å²) in [4.78, 5) is 2.49. The van der Waals surface area contributed by atoms with Crippen molar-refractivity contribution in [2.75, 3.05) is 4.90 Å². The number of aryl methyl sites for hydroxylation is 1. The van der Waals surface area contributed by atoms with Gasteiger partial charge in [-0.15, -0.1) is 0 Å². The van der Waals surface area contributed by atoms with Crippen LogP contribution in [0.25, 0.3) is 66.8 Å². The first-order valence-corrected chi connectivity index (χ1v) is 20.6. The van der Waals surface area contributed by atoms with Gasteiger partial charge in [0.1, 0.15) is 0 Å². The van der Waals surface area contributed by atoms with Gasteiger partial charge in [0, 0.05) is 22.4 Å². The lowest BCUT2D eigenvalue weighted by atomic mass is 9.82. The number of hydrogen-bond donors (Lipinski definition) is 0. The second-order valence-corrected chi connectivity index (χ2v) is 16.2. The van der Waals surface area contributed by atoms with Crippen LogP contribution in [0.5, 0.6) is 0 Å². The lowest BCUT2D eigenvalue weighted by Crippen LogP contribution is -2.17. The lowest BCUT2D eigenvalue weighted by molar-refractivity contribution is 0.660. The van der Waals surface area contributed by atoms with E-state index in [2.05, 4.69) is 244 Å². The SMILES string of the molecule is Cc1cc(-c2ccc(-c3ccccc3)cc2)cc(-c2ccccc2)c1N(c1ccc(-c2ccccc2-c2ccccc2)cc1)c1ccc2c(c1)C(C)(C)c1ccccc1-2. The van der Waals surface area contributed by atoms with Crippen LogP contribution in [0.3, 0.4) is 0 Å². The van der Waals surface area contributed by atoms with Gasteiger partial charge in [-0.25, -0.2) is 0 Å². The Morgan fingerprint density at radius 2 is 0.729 bits per heavy atom. The molecule has 1 aliphatic carbocycles. The Kier molecular flexibility index (Phi) is 9.15. The molecule has 0 saturated heterocycles. The Bertz CT molecular complexity index is 2930. The topological polar surface area (TPSA) is 3.24 Å². The zero-order valence-corrected chi connectivity index (χ0v) is 33.7. The molecular weight excluding hydrogens is 711 g/mol. The zero-order valence-electron chi connectivity index (χ0n) is 33.7. The minimum Gasteiger partial charge on any atom is -0.310 e. The number of hydrogen-bond acceptors (Lipinski definition) is 1. The van der Waals surface area contributed by atoms with Gasteiger partial charge >= 0.3 is 0 Å². The van der Waals surface area contributed by atoms with Crippen molar-refractivity contribution in [1.29, 1.82) is 0 Å². The second kappa shape index (κ2) is 14.9. The molecule has 1 nitrogen and oxygen atoms in total. The Morgan fingerprint density at radius 1 is 0.305 bits per heavy atom. The Morgan fingerprint density at radius 3 is 1.34 bits per heavy atom. The predicted molar refractivity (Wildman–Crippen MR) is 251 cm³/mol. The van der Waals surface area contributed by atoms with Gasteiger partial charge in [0.05, 0.1) is 5.69 Å². The summed E-state index contributed by atoms with van der Waals surface area (Å²) in [6.45, 7) is 7.00. The van der Waals surface area contributed by atoms with E-state index in [-0.39, 0.29) is 5.41 Å². The minimum atomic E-state index is -0.133. The summed E-state index contributed by atoms with van der Waals surface area (Å²) in [5, 5.41) is 0. The van der Waals surface area contributed by atoms with Crippen molar-refractivity contribution in [2.45, 2.75) is 26.2 Å². The molecule has 0 radical (unpaired) electrons. The number of benzene rings is 9. The first kappa shape index (κ1) is 36.1. The molecule has 0 aromatic heterocycles. The van der Waals surface area contributed by atoms with Crippen molar-refractivity contribution in [3.05, 3.63) is 235 Å². The molecule has 10 rings (SSSR count). The van der Waals surface area contributed by atoms with Crippen LogP contribution in [0.4, 0.5) is 17.1 Å². The quantitative estimate of drug-likeness (QED) is 0.149. The Labute approximate surface area is 348 Å². The molecule has 282 valence electrons. The maximum Gasteiger partial charge on any atom is 0.0569 e. The van der Waals surface area contributed by atoms with Crippen LogP contribution in [0.1, 0.15) is 30.5 Å². The van der Waals surface area contributed by atoms with Crippen LogP contribution in [0.15, 0.2) is 218 Å². The number of fused-ring (bicyclic) bond motifs is 3. The van der Waals surface area contributed by atoms with Gasteiger partial charge < -0.3 is 4.90 Å². The highest BCUT2D eigenvalue weighted by Crippen LogP contribution is 2.52. The largest absolute Gasteiger partial charge is 0.310 e. The number of nitrogens with zero attached hydrogens (tertiary/aromatic N) is 1. The molecular formula is C58H45N. The van der Waals surface area contributed by atoms with Crippen molar-refractivity contribution in [3.8, 4) is 66.8 Å². The molecule has 1 aliphatic rings. The molecule has 0 fully saturated rings. The third-order valence-corrected chi connectivity index (χ3v) is 12.2. The van der Waals surface area contributed by atoms with E-state index in [0.717, 1.165) is 11.4 Å². The van der Waals surface area contributed by atoms with Crippen LogP contribution in [-0.2, 0) is 5.41 Å². The highest BCUT2D eigenvalue weighted by molar-refractivity contribution is 5.95. The number of rotatable bonds is 8. The summed E-state index contributed by atoms with van der Waals surface area (Å²) in [5.74, 6) is 0. The van der Waals surface area contributed by atoms with Gasteiger partial charge in [0.2, 0.25) is 0 Å². The van der Waals surface area contributed by atoms with Crippen LogP contribution in [-0.4, -0.2) is 0 Å². The van der Waals surface area contributed by atoms with E-state index < -0.39 is 0 Å². The first-order chi connectivity index (χ1) is 28.9. The molecule has 1 heteroatoms. The maximum atomic E-state index is 2.49. The summed E-state index contributed by atoms with van der Waals surface area (Å²) in [5.41, 5.74) is 21.9. The van der Waals surface area contributed by atoms with Gasteiger partial charge in [-0.05, 0) is 121 Å². The van der Waals surface area contributed by atoms with Gasteiger partial charge in [-0.1, -0.05) is 196 Å². The van der Waals surface area contributed by atoms with Crippen LogP contribution >= 0.6 is 0 Å². The molecule has 0 spiro atoms. The minimum absolute atomic E-state index is 0.133. The standard InChI is InChI=1S/C58H45N/c1-40-37-47(43-29-27-42(28-30-43)41-17-7-4-8-18-41)38-54(45-21-11-6-12-22-45)57(40)59(49-35-36-53-52-25-15-16-26-55(52)58(2,3)56(53)39-49)48-33-31-46(32-34-48)51-24-14-13-23-50(51)44-19-9-5-10-20-44/h4-39H,1-3H3. The predicted octanol–water partition coefficient (Wildman–Crippen LogP) is 16.1. The molecule has 0 unspecified atom stereocenters. The van der Waals surface area contributed by atoms with Crippen LogP contribution < -0.4 is 4.90 Å². The van der Waals surface area contributed by atoms with Crippen molar-refractivity contribution in [2.24, 2.45) is 0 Å². The molecule has 0 aliphatic heterocycles. The van der Waals surface area contributed by atoms with Crippen molar-refractivity contribution >= 4 is 17.1 Å². The van der Waals surface area contributed by atoms with Crippen molar-refractivity contribution in [3.63, 3.8) is 0 Å². The van der Waals surface area contributed by atoms with Crippen molar-refractivity contribution < 1.29 is 0 Å². The smallest absolute Gasteiger partial charge is 0.0569 e. The monoisotopic (exact) mass is 755 g/mol. The Hall–Kier alpha value is -7.22. The molecule has 0 amide bonds. The molecule has 0 saturated carbocycles. The molecule has 59 heavy (non-hydrogen) atoms. The highest BCUT2D eigenvalue weighted by atomic mass is 15.1. The van der Waals surface area contributed by atoms with Crippen molar-refractivity contribution in [1.82, 2.24) is 0 Å². The van der Waals surface area contributed by atoms with Gasteiger partial charge in [0.25, 0.3) is 0 Å². The average Bonchev–Trinajstić information content (AvgIpc) is 3.53. The molecule has 9 aromatic carbocycles. The van der Waals surface area contributed by atoms with E-state index in [1.807, 2.05) is 0 Å². The average molecular weight is 756 g/mol. The van der Waals surface area contributed by atoms with E-state index in [1.165, 1.54) is 89.1 Å². The molecule has 0 heterocycles. The van der Waals surface area contributed by atoms with E-state index >= 15 is 0 Å². The first-order valence-electron chi connectivity index (χ1n) is 20.6. The normalized spacial score (nSPS) is 12.5. The Balaban J connectivity index is 1.15. The highest BCUT2D eigenvalue weighted by Gasteiger charge is 2.36. The fourth-order valence-corrected chi connectivity index (χ4v) is 9.20. The fourth-order valence-electron chi connectivity index (χ4n) is 9.20. The third kappa shape index (κ3) is 6.55. The summed E-state index contributed by atoms with van der Waals surface area (Å²) < 4.78 is 0. The van der Waals surface area contributed by atoms with Gasteiger partial charge in [0.15, 0.2) is 0 Å². The van der Waals surface area contributed by atoms with E-state index in [1.54, 1.807) is 0 Å². The third-order valence-electron chi connectivity index (χ3n) is 12.2. The maximum absolute atomic E-state index is 2.49. The van der Waals surface area contributed by atoms with E-state index in [4.69, 9.17) is 0 Å². The van der Waals surface area contributed by atoms with Crippen LogP contribution in [0, 0.1) is 6.92 Å². The molecule has 0 atom stereocenters. The summed E-state index contributed by atoms with van der Waals surface area (Å²) in [6.07, 6.45) is 0. The number of anilines is 3. The fraction of sp³-hybridized carbons (Fsp3) is 0.0690. The second-order valence-electron chi connectivity index (χ2n) is 16.2. The summed E-state index contributed by atoms with van der Waals surface area (Å²) in [6, 6.07) is 79.8. The van der Waals surface area contributed by atoms with E-state index in [0.29, 0.717) is 0 Å².